The molecule has 0 aliphatic rings. The quantitative estimate of drug-likeness (QED) is 0.107. The summed E-state index contributed by atoms with van der Waals surface area (Å²) in [5, 5.41) is 6.50. The Bertz CT molecular complexity index is 584. The van der Waals surface area contributed by atoms with E-state index in [4.69, 9.17) is 9.66 Å². The van der Waals surface area contributed by atoms with Gasteiger partial charge in [0, 0.05) is 0 Å². The Morgan fingerprint density at radius 3 is 1.67 bits per heavy atom. The van der Waals surface area contributed by atoms with E-state index in [0.29, 0.717) is 6.42 Å². The lowest BCUT2D eigenvalue weighted by molar-refractivity contribution is -0.143. The smallest absolute Gasteiger partial charge is 0.332 e. The molecule has 8 heteroatoms. The summed E-state index contributed by atoms with van der Waals surface area (Å²) in [6.07, 6.45) is 20.1. The number of rotatable bonds is 20. The standard InChI is InChI=1S/C22H40O7S/c1-2-3-4-5-6-7-8-9-10-11-12-13-14-15-16-17-18-29-22(25)20(19-21(23)24)30(26,27)28/h17-18,20H,2-16,19H2,1H3,(H,23,24)(H,26,27,28). The van der Waals surface area contributed by atoms with Crippen LogP contribution in [-0.4, -0.2) is 35.3 Å². The molecule has 176 valence electrons. The minimum Gasteiger partial charge on any atom is -0.481 e. The zero-order chi connectivity index (χ0) is 22.7. The molecule has 0 fully saturated rings. The van der Waals surface area contributed by atoms with Gasteiger partial charge < -0.3 is 9.84 Å². The molecule has 0 heterocycles. The summed E-state index contributed by atoms with van der Waals surface area (Å²) in [7, 11) is -4.82. The van der Waals surface area contributed by atoms with Gasteiger partial charge in [0.25, 0.3) is 10.1 Å². The van der Waals surface area contributed by atoms with Crippen LogP contribution in [0.1, 0.15) is 110 Å². The molecular weight excluding hydrogens is 408 g/mol. The second-order valence-electron chi connectivity index (χ2n) is 7.80. The summed E-state index contributed by atoms with van der Waals surface area (Å²) in [5.41, 5.74) is 0. The topological polar surface area (TPSA) is 118 Å². The predicted molar refractivity (Wildman–Crippen MR) is 118 cm³/mol. The summed E-state index contributed by atoms with van der Waals surface area (Å²) < 4.78 is 35.7. The van der Waals surface area contributed by atoms with Gasteiger partial charge in [0.1, 0.15) is 0 Å². The van der Waals surface area contributed by atoms with Crippen molar-refractivity contribution >= 4 is 22.1 Å². The van der Waals surface area contributed by atoms with Gasteiger partial charge in [-0.15, -0.1) is 0 Å². The summed E-state index contributed by atoms with van der Waals surface area (Å²) in [5.74, 6) is -2.81. The van der Waals surface area contributed by atoms with Crippen LogP contribution in [0.15, 0.2) is 12.3 Å². The maximum absolute atomic E-state index is 11.6. The Labute approximate surface area is 182 Å². The van der Waals surface area contributed by atoms with Gasteiger partial charge in [-0.2, -0.15) is 8.42 Å². The summed E-state index contributed by atoms with van der Waals surface area (Å²) >= 11 is 0. The lowest BCUT2D eigenvalue weighted by Crippen LogP contribution is -2.33. The van der Waals surface area contributed by atoms with Gasteiger partial charge in [-0.1, -0.05) is 90.4 Å². The predicted octanol–water partition coefficient (Wildman–Crippen LogP) is 5.65. The fourth-order valence-corrected chi connectivity index (χ4v) is 3.84. The first kappa shape index (κ1) is 28.6. The fourth-order valence-electron chi connectivity index (χ4n) is 3.18. The monoisotopic (exact) mass is 448 g/mol. The van der Waals surface area contributed by atoms with E-state index in [1.807, 2.05) is 0 Å². The van der Waals surface area contributed by atoms with Crippen molar-refractivity contribution in [2.75, 3.05) is 0 Å². The SMILES string of the molecule is CCCCCCCCCCCCCCCCC=COC(=O)C(CC(=O)O)S(=O)(=O)O. The van der Waals surface area contributed by atoms with Gasteiger partial charge in [0.15, 0.2) is 5.25 Å². The molecule has 0 saturated heterocycles. The van der Waals surface area contributed by atoms with Crippen LogP contribution in [0.3, 0.4) is 0 Å². The molecular formula is C22H40O7S. The molecule has 0 radical (unpaired) electrons. The highest BCUT2D eigenvalue weighted by atomic mass is 32.2. The number of carboxylic acid groups (broad SMARTS) is 1. The number of esters is 1. The van der Waals surface area contributed by atoms with E-state index in [1.54, 1.807) is 6.08 Å². The molecule has 0 aromatic carbocycles. The van der Waals surface area contributed by atoms with Crippen LogP contribution in [-0.2, 0) is 24.4 Å². The second kappa shape index (κ2) is 18.4. The number of unbranched alkanes of at least 4 members (excludes halogenated alkanes) is 14. The molecule has 30 heavy (non-hydrogen) atoms. The fraction of sp³-hybridized carbons (Fsp3) is 0.818. The number of carboxylic acids is 1. The van der Waals surface area contributed by atoms with E-state index in [0.717, 1.165) is 25.5 Å². The minimum atomic E-state index is -4.82. The van der Waals surface area contributed by atoms with Gasteiger partial charge in [-0.3, -0.25) is 14.1 Å². The maximum Gasteiger partial charge on any atom is 0.332 e. The first-order chi connectivity index (χ1) is 14.3. The van der Waals surface area contributed by atoms with Gasteiger partial charge in [0.2, 0.25) is 0 Å². The van der Waals surface area contributed by atoms with Crippen LogP contribution in [0.25, 0.3) is 0 Å². The van der Waals surface area contributed by atoms with Crippen molar-refractivity contribution < 1.29 is 32.4 Å². The van der Waals surface area contributed by atoms with Crippen molar-refractivity contribution in [3.63, 3.8) is 0 Å². The molecule has 7 nitrogen and oxygen atoms in total. The number of hydrogen-bond donors (Lipinski definition) is 2. The van der Waals surface area contributed by atoms with Gasteiger partial charge in [0.05, 0.1) is 12.7 Å². The second-order valence-corrected chi connectivity index (χ2v) is 9.39. The van der Waals surface area contributed by atoms with Crippen molar-refractivity contribution in [2.45, 2.75) is 115 Å². The largest absolute Gasteiger partial charge is 0.481 e. The first-order valence-corrected chi connectivity index (χ1v) is 12.8. The molecule has 0 amide bonds. The third-order valence-corrected chi connectivity index (χ3v) is 6.07. The summed E-state index contributed by atoms with van der Waals surface area (Å²) in [6.45, 7) is 2.24. The normalized spacial score (nSPS) is 12.9. The van der Waals surface area contributed by atoms with E-state index in [1.165, 1.54) is 70.6 Å². The molecule has 0 bridgehead atoms. The van der Waals surface area contributed by atoms with Gasteiger partial charge >= 0.3 is 11.9 Å². The third-order valence-electron chi connectivity index (χ3n) is 4.99. The molecule has 0 saturated carbocycles. The van der Waals surface area contributed by atoms with E-state index in [2.05, 4.69) is 11.7 Å². The molecule has 0 aliphatic carbocycles. The lowest BCUT2D eigenvalue weighted by atomic mass is 10.0. The van der Waals surface area contributed by atoms with Crippen molar-refractivity contribution in [3.8, 4) is 0 Å². The molecule has 2 N–H and O–H groups in total. The highest BCUT2D eigenvalue weighted by Crippen LogP contribution is 2.13. The van der Waals surface area contributed by atoms with E-state index >= 15 is 0 Å². The molecule has 0 aromatic heterocycles. The zero-order valence-electron chi connectivity index (χ0n) is 18.4. The van der Waals surface area contributed by atoms with Crippen molar-refractivity contribution in [3.05, 3.63) is 12.3 Å². The highest BCUT2D eigenvalue weighted by molar-refractivity contribution is 7.87. The van der Waals surface area contributed by atoms with Crippen LogP contribution in [0, 0.1) is 0 Å². The molecule has 1 unspecified atom stereocenters. The number of allylic oxidation sites excluding steroid dienone is 1. The lowest BCUT2D eigenvalue weighted by Gasteiger charge is -2.08. The number of hydrogen-bond acceptors (Lipinski definition) is 5. The average Bonchev–Trinajstić information content (AvgIpc) is 2.67. The van der Waals surface area contributed by atoms with E-state index in [-0.39, 0.29) is 0 Å². The van der Waals surface area contributed by atoms with E-state index < -0.39 is 33.7 Å². The van der Waals surface area contributed by atoms with Crippen LogP contribution < -0.4 is 0 Å². The van der Waals surface area contributed by atoms with Crippen LogP contribution in [0.2, 0.25) is 0 Å². The zero-order valence-corrected chi connectivity index (χ0v) is 19.2. The first-order valence-electron chi connectivity index (χ1n) is 11.3. The summed E-state index contributed by atoms with van der Waals surface area (Å²) in [4.78, 5) is 22.2. The van der Waals surface area contributed by atoms with Crippen molar-refractivity contribution in [2.24, 2.45) is 0 Å². The van der Waals surface area contributed by atoms with Gasteiger partial charge in [-0.05, 0) is 18.9 Å². The molecule has 1 atom stereocenters. The average molecular weight is 449 g/mol. The highest BCUT2D eigenvalue weighted by Gasteiger charge is 2.34. The maximum atomic E-state index is 11.6. The van der Waals surface area contributed by atoms with Gasteiger partial charge in [-0.25, -0.2) is 0 Å². The minimum absolute atomic E-state index is 0.681. The van der Waals surface area contributed by atoms with Crippen LogP contribution >= 0.6 is 0 Å². The Morgan fingerprint density at radius 1 is 0.833 bits per heavy atom. The Morgan fingerprint density at radius 2 is 1.27 bits per heavy atom. The number of carbonyl (C=O) groups is 2. The van der Waals surface area contributed by atoms with E-state index in [9.17, 15) is 18.0 Å². The van der Waals surface area contributed by atoms with Crippen LogP contribution in [0.5, 0.6) is 0 Å². The number of carbonyl (C=O) groups excluding carboxylic acids is 1. The third kappa shape index (κ3) is 17.4. The van der Waals surface area contributed by atoms with Crippen molar-refractivity contribution in [1.82, 2.24) is 0 Å². The Kier molecular flexibility index (Phi) is 17.5. The summed E-state index contributed by atoms with van der Waals surface area (Å²) in [6, 6.07) is 0. The number of aliphatic carboxylic acids is 1. The van der Waals surface area contributed by atoms with Crippen molar-refractivity contribution in [1.29, 1.82) is 0 Å². The molecule has 0 aliphatic heterocycles. The molecule has 0 rings (SSSR count). The van der Waals surface area contributed by atoms with Crippen LogP contribution in [0.4, 0.5) is 0 Å². The Balaban J connectivity index is 3.61. The number of ether oxygens (including phenoxy) is 1. The molecule has 0 spiro atoms. The Hall–Kier alpha value is -1.41. The molecule has 0 aromatic rings.